The molecule has 2 aliphatic rings. The van der Waals surface area contributed by atoms with Gasteiger partial charge in [-0.25, -0.2) is 15.0 Å². The van der Waals surface area contributed by atoms with E-state index in [1.807, 2.05) is 40.0 Å². The first-order valence-corrected chi connectivity index (χ1v) is 13.6. The molecular weight excluding hydrogens is 486 g/mol. The minimum atomic E-state index is -0.726. The average molecular weight is 516 g/mol. The topological polar surface area (TPSA) is 108 Å². The van der Waals surface area contributed by atoms with Crippen LogP contribution >= 0.6 is 23.1 Å². The van der Waals surface area contributed by atoms with Crippen molar-refractivity contribution < 1.29 is 19.0 Å². The first kappa shape index (κ1) is 24.4. The zero-order valence-corrected chi connectivity index (χ0v) is 22.2. The highest BCUT2D eigenvalue weighted by Crippen LogP contribution is 2.45. The maximum atomic E-state index is 12.1. The highest BCUT2D eigenvalue weighted by atomic mass is 32.2. The summed E-state index contributed by atoms with van der Waals surface area (Å²) in [5.74, 6) is -0.280. The number of pyridine rings is 1. The molecule has 0 amide bonds. The lowest BCUT2D eigenvalue weighted by Gasteiger charge is -2.25. The van der Waals surface area contributed by atoms with Crippen LogP contribution in [0.5, 0.6) is 0 Å². The van der Waals surface area contributed by atoms with Gasteiger partial charge in [-0.1, -0.05) is 11.8 Å². The number of ether oxygens (including phenoxy) is 3. The van der Waals surface area contributed by atoms with E-state index < -0.39 is 5.79 Å². The minimum absolute atomic E-state index is 0.0192. The van der Waals surface area contributed by atoms with E-state index in [0.717, 1.165) is 32.2 Å². The highest BCUT2D eigenvalue weighted by molar-refractivity contribution is 7.98. The summed E-state index contributed by atoms with van der Waals surface area (Å²) < 4.78 is 18.5. The molecule has 1 saturated heterocycles. The van der Waals surface area contributed by atoms with E-state index in [1.165, 1.54) is 18.9 Å². The van der Waals surface area contributed by atoms with Crippen LogP contribution in [0.25, 0.3) is 20.8 Å². The van der Waals surface area contributed by atoms with Crippen molar-refractivity contribution in [2.45, 2.75) is 69.7 Å². The summed E-state index contributed by atoms with van der Waals surface area (Å²) in [6.07, 6.45) is 4.31. The van der Waals surface area contributed by atoms with Gasteiger partial charge in [-0.15, -0.1) is 11.3 Å². The van der Waals surface area contributed by atoms with Gasteiger partial charge in [0.15, 0.2) is 10.9 Å². The Kier molecular flexibility index (Phi) is 6.45. The number of esters is 1. The second kappa shape index (κ2) is 9.27. The number of rotatable bonds is 6. The number of carbonyl (C=O) groups is 1. The Morgan fingerprint density at radius 1 is 1.23 bits per heavy atom. The summed E-state index contributed by atoms with van der Waals surface area (Å²) in [6.45, 7) is 7.75. The molecule has 5 rings (SSSR count). The van der Waals surface area contributed by atoms with Crippen molar-refractivity contribution in [2.75, 3.05) is 18.7 Å². The number of aromatic nitrogens is 4. The summed E-state index contributed by atoms with van der Waals surface area (Å²) in [6, 6.07) is 1.88. The molecule has 186 valence electrons. The first-order chi connectivity index (χ1) is 16.7. The predicted molar refractivity (Wildman–Crippen MR) is 136 cm³/mol. The lowest BCUT2D eigenvalue weighted by Crippen LogP contribution is -2.35. The molecule has 4 atom stereocenters. The molecule has 35 heavy (non-hydrogen) atoms. The van der Waals surface area contributed by atoms with Crippen LogP contribution in [0.1, 0.15) is 38.1 Å². The second-order valence-electron chi connectivity index (χ2n) is 9.37. The molecular formula is C24H29N5O4S2. The Balaban J connectivity index is 1.53. The molecule has 1 aliphatic carbocycles. The van der Waals surface area contributed by atoms with Crippen LogP contribution in [-0.4, -0.2) is 63.3 Å². The maximum absolute atomic E-state index is 12.1. The lowest BCUT2D eigenvalue weighted by molar-refractivity contribution is -0.160. The number of hydrogen-bond acceptors (Lipinski definition) is 11. The number of methoxy groups -OCH3 is 1. The van der Waals surface area contributed by atoms with Crippen molar-refractivity contribution in [1.29, 1.82) is 0 Å². The van der Waals surface area contributed by atoms with Gasteiger partial charge in [-0.2, -0.15) is 0 Å². The molecule has 11 heteroatoms. The zero-order valence-electron chi connectivity index (χ0n) is 20.6. The van der Waals surface area contributed by atoms with Crippen LogP contribution in [0.4, 0.5) is 5.82 Å². The van der Waals surface area contributed by atoms with E-state index in [1.54, 1.807) is 17.5 Å². The molecule has 9 nitrogen and oxygen atoms in total. The molecule has 1 N–H and O–H groups in total. The Morgan fingerprint density at radius 2 is 2.00 bits per heavy atom. The van der Waals surface area contributed by atoms with Crippen molar-refractivity contribution in [3.63, 3.8) is 0 Å². The van der Waals surface area contributed by atoms with Crippen LogP contribution in [0.15, 0.2) is 17.4 Å². The molecule has 4 heterocycles. The summed E-state index contributed by atoms with van der Waals surface area (Å²) in [5.41, 5.74) is 3.50. The fourth-order valence-corrected chi connectivity index (χ4v) is 6.51. The van der Waals surface area contributed by atoms with E-state index in [0.29, 0.717) is 17.4 Å². The Labute approximate surface area is 212 Å². The number of aryl methyl sites for hydroxylation is 2. The van der Waals surface area contributed by atoms with Gasteiger partial charge < -0.3 is 19.5 Å². The fourth-order valence-electron chi connectivity index (χ4n) is 4.99. The van der Waals surface area contributed by atoms with Gasteiger partial charge in [0.25, 0.3) is 0 Å². The largest absolute Gasteiger partial charge is 0.469 e. The number of thioether (sulfide) groups is 1. The summed E-state index contributed by atoms with van der Waals surface area (Å²) in [5, 5.41) is 5.16. The van der Waals surface area contributed by atoms with Gasteiger partial charge in [-0.05, 0) is 46.4 Å². The molecule has 0 aromatic carbocycles. The number of anilines is 1. The number of nitrogens with one attached hydrogen (secondary N) is 1. The smallest absolute Gasteiger partial charge is 0.305 e. The molecule has 0 spiro atoms. The van der Waals surface area contributed by atoms with Crippen LogP contribution in [0, 0.1) is 19.8 Å². The van der Waals surface area contributed by atoms with Gasteiger partial charge in [0.2, 0.25) is 0 Å². The Bertz CT molecular complexity index is 1280. The standard InChI is InChI=1S/C24H29N5O4S2/c1-11-17(22-28-18-12(2)25-8-7-15(18)35-22)21(29-23(26-11)34-6)27-14-9-13(10-16(30)31-5)19-20(14)33-24(3,4)32-19/h7-8,13-14,19-20H,9-10H2,1-6H3,(H,26,27,29). The Hall–Kier alpha value is -2.34. The SMILES string of the molecule is COC(=O)CC1CC(Nc2nc(SC)nc(C)c2-c2nc3c(C)nccc3s2)C2OC(C)(C)OC12. The molecule has 4 unspecified atom stereocenters. The third-order valence-electron chi connectivity index (χ3n) is 6.52. The fraction of sp³-hybridized carbons (Fsp3) is 0.542. The first-order valence-electron chi connectivity index (χ1n) is 11.5. The van der Waals surface area contributed by atoms with Gasteiger partial charge in [0, 0.05) is 12.1 Å². The van der Waals surface area contributed by atoms with E-state index in [2.05, 4.69) is 10.3 Å². The van der Waals surface area contributed by atoms with Crippen LogP contribution in [0.3, 0.4) is 0 Å². The number of fused-ring (bicyclic) bond motifs is 2. The summed E-state index contributed by atoms with van der Waals surface area (Å²) >= 11 is 3.09. The zero-order chi connectivity index (χ0) is 24.9. The molecule has 3 aromatic heterocycles. The van der Waals surface area contributed by atoms with Crippen molar-refractivity contribution >= 4 is 45.1 Å². The third kappa shape index (κ3) is 4.62. The molecule has 2 fully saturated rings. The minimum Gasteiger partial charge on any atom is -0.469 e. The molecule has 0 radical (unpaired) electrons. The number of hydrogen-bond donors (Lipinski definition) is 1. The number of nitrogens with zero attached hydrogens (tertiary/aromatic N) is 4. The Morgan fingerprint density at radius 3 is 2.71 bits per heavy atom. The quantitative estimate of drug-likeness (QED) is 0.289. The van der Waals surface area contributed by atoms with Crippen molar-refractivity contribution in [1.82, 2.24) is 19.9 Å². The van der Waals surface area contributed by atoms with Crippen LogP contribution in [-0.2, 0) is 19.0 Å². The van der Waals surface area contributed by atoms with Crippen LogP contribution in [0.2, 0.25) is 0 Å². The van der Waals surface area contributed by atoms with Gasteiger partial charge >= 0.3 is 5.97 Å². The average Bonchev–Trinajstić information content (AvgIpc) is 3.46. The molecule has 1 saturated carbocycles. The van der Waals surface area contributed by atoms with Crippen LogP contribution < -0.4 is 5.32 Å². The van der Waals surface area contributed by atoms with Gasteiger partial charge in [0.1, 0.15) is 22.4 Å². The summed E-state index contributed by atoms with van der Waals surface area (Å²) in [4.78, 5) is 30.9. The molecule has 0 bridgehead atoms. The second-order valence-corrected chi connectivity index (χ2v) is 11.2. The third-order valence-corrected chi connectivity index (χ3v) is 8.10. The highest BCUT2D eigenvalue weighted by Gasteiger charge is 2.54. The molecule has 3 aromatic rings. The maximum Gasteiger partial charge on any atom is 0.305 e. The predicted octanol–water partition coefficient (Wildman–Crippen LogP) is 4.37. The summed E-state index contributed by atoms with van der Waals surface area (Å²) in [7, 11) is 1.41. The lowest BCUT2D eigenvalue weighted by atomic mass is 10.0. The van der Waals surface area contributed by atoms with E-state index in [9.17, 15) is 4.79 Å². The van der Waals surface area contributed by atoms with Crippen molar-refractivity contribution in [3.8, 4) is 10.6 Å². The van der Waals surface area contributed by atoms with E-state index in [-0.39, 0.29) is 36.6 Å². The molecule has 1 aliphatic heterocycles. The van der Waals surface area contributed by atoms with Gasteiger partial charge in [-0.3, -0.25) is 9.78 Å². The normalized spacial score (nSPS) is 25.1. The monoisotopic (exact) mass is 515 g/mol. The van der Waals surface area contributed by atoms with E-state index >= 15 is 0 Å². The number of carbonyl (C=O) groups excluding carboxylic acids is 1. The number of thiazole rings is 1. The van der Waals surface area contributed by atoms with E-state index in [4.69, 9.17) is 29.2 Å². The van der Waals surface area contributed by atoms with Gasteiger partial charge in [0.05, 0.1) is 47.3 Å². The van der Waals surface area contributed by atoms with Crippen molar-refractivity contribution in [2.24, 2.45) is 5.92 Å². The van der Waals surface area contributed by atoms with Crippen molar-refractivity contribution in [3.05, 3.63) is 23.7 Å².